The normalized spacial score (nSPS) is 13.6. The molecule has 1 saturated heterocycles. The highest BCUT2D eigenvalue weighted by atomic mass is 16.5. The van der Waals surface area contributed by atoms with Gasteiger partial charge in [-0.25, -0.2) is 0 Å². The van der Waals surface area contributed by atoms with Gasteiger partial charge in [-0.15, -0.1) is 10.2 Å². The summed E-state index contributed by atoms with van der Waals surface area (Å²) in [6.07, 6.45) is 3.30. The van der Waals surface area contributed by atoms with Crippen LogP contribution in [0.5, 0.6) is 5.75 Å². The van der Waals surface area contributed by atoms with Crippen molar-refractivity contribution >= 4 is 22.5 Å². The lowest BCUT2D eigenvalue weighted by molar-refractivity contribution is 0.0948. The first kappa shape index (κ1) is 21.8. The molecule has 1 aliphatic heterocycles. The number of hydrogen-bond donors (Lipinski definition) is 1. The summed E-state index contributed by atoms with van der Waals surface area (Å²) < 4.78 is 10.7. The van der Waals surface area contributed by atoms with Gasteiger partial charge in [0.25, 0.3) is 5.91 Å². The number of nitrogens with one attached hydrogen (secondary N) is 1. The Kier molecular flexibility index (Phi) is 6.31. The number of rotatable bonds is 6. The Bertz CT molecular complexity index is 1320. The number of carbonyl (C=O) groups excluding carboxylic acids is 1. The third-order valence-corrected chi connectivity index (χ3v) is 5.84. The van der Waals surface area contributed by atoms with E-state index in [-0.39, 0.29) is 5.91 Å². The monoisotopic (exact) mass is 455 g/mol. The maximum Gasteiger partial charge on any atom is 0.255 e. The van der Waals surface area contributed by atoms with Gasteiger partial charge in [0.15, 0.2) is 5.82 Å². The number of carbonyl (C=O) groups is 1. The van der Waals surface area contributed by atoms with E-state index >= 15 is 0 Å². The lowest BCUT2D eigenvalue weighted by atomic mass is 10.1. The molecule has 34 heavy (non-hydrogen) atoms. The zero-order valence-electron chi connectivity index (χ0n) is 18.9. The van der Waals surface area contributed by atoms with E-state index in [1.54, 1.807) is 25.6 Å². The molecule has 1 N–H and O–H groups in total. The second kappa shape index (κ2) is 9.84. The van der Waals surface area contributed by atoms with Gasteiger partial charge in [-0.1, -0.05) is 36.4 Å². The first-order valence-corrected chi connectivity index (χ1v) is 11.2. The van der Waals surface area contributed by atoms with E-state index in [9.17, 15) is 4.79 Å². The molecule has 3 heterocycles. The van der Waals surface area contributed by atoms with Gasteiger partial charge in [-0.05, 0) is 34.5 Å². The Morgan fingerprint density at radius 2 is 1.85 bits per heavy atom. The van der Waals surface area contributed by atoms with Crippen molar-refractivity contribution in [1.29, 1.82) is 0 Å². The van der Waals surface area contributed by atoms with E-state index in [1.807, 2.05) is 29.2 Å². The zero-order valence-corrected chi connectivity index (χ0v) is 18.9. The van der Waals surface area contributed by atoms with Gasteiger partial charge in [-0.3, -0.25) is 9.78 Å². The van der Waals surface area contributed by atoms with Gasteiger partial charge in [0.1, 0.15) is 5.75 Å². The number of aromatic nitrogens is 3. The van der Waals surface area contributed by atoms with Crippen molar-refractivity contribution in [2.75, 3.05) is 38.3 Å². The van der Waals surface area contributed by atoms with Crippen molar-refractivity contribution in [1.82, 2.24) is 20.5 Å². The maximum atomic E-state index is 13.4. The lowest BCUT2D eigenvalue weighted by Gasteiger charge is -2.28. The Hall–Kier alpha value is -4.04. The third kappa shape index (κ3) is 4.67. The van der Waals surface area contributed by atoms with Crippen LogP contribution in [0.3, 0.4) is 0 Å². The Morgan fingerprint density at radius 1 is 1.03 bits per heavy atom. The van der Waals surface area contributed by atoms with Crippen molar-refractivity contribution in [3.8, 4) is 17.0 Å². The molecule has 0 saturated carbocycles. The van der Waals surface area contributed by atoms with E-state index in [0.29, 0.717) is 55.7 Å². The second-order valence-electron chi connectivity index (χ2n) is 8.04. The van der Waals surface area contributed by atoms with Crippen LogP contribution in [0.1, 0.15) is 15.9 Å². The van der Waals surface area contributed by atoms with Crippen LogP contribution in [0.4, 0.5) is 5.82 Å². The van der Waals surface area contributed by atoms with Crippen molar-refractivity contribution in [3.05, 3.63) is 78.1 Å². The molecule has 2 aromatic carbocycles. The van der Waals surface area contributed by atoms with Gasteiger partial charge in [0.05, 0.1) is 37.8 Å². The van der Waals surface area contributed by atoms with E-state index in [0.717, 1.165) is 16.5 Å². The highest BCUT2D eigenvalue weighted by Crippen LogP contribution is 2.26. The molecule has 2 aromatic heterocycles. The molecule has 0 unspecified atom stereocenters. The van der Waals surface area contributed by atoms with Crippen LogP contribution < -0.4 is 15.0 Å². The summed E-state index contributed by atoms with van der Waals surface area (Å²) >= 11 is 0. The number of hydrogen-bond acceptors (Lipinski definition) is 7. The summed E-state index contributed by atoms with van der Waals surface area (Å²) in [5, 5.41) is 14.2. The van der Waals surface area contributed by atoms with Gasteiger partial charge in [0.2, 0.25) is 0 Å². The number of ether oxygens (including phenoxy) is 2. The molecule has 1 fully saturated rings. The van der Waals surface area contributed by atoms with Gasteiger partial charge < -0.3 is 19.7 Å². The van der Waals surface area contributed by atoms with E-state index in [2.05, 4.69) is 44.8 Å². The minimum Gasteiger partial charge on any atom is -0.495 e. The van der Waals surface area contributed by atoms with Gasteiger partial charge in [-0.2, -0.15) is 0 Å². The molecule has 0 aliphatic carbocycles. The number of amides is 1. The SMILES string of the molecule is COc1cncc(-c2cc(C(=O)NCc3ccc4ccccc4c3)c(N3CCOCC3)nn2)c1. The Balaban J connectivity index is 1.44. The summed E-state index contributed by atoms with van der Waals surface area (Å²) in [6, 6.07) is 18.0. The second-order valence-corrected chi connectivity index (χ2v) is 8.04. The average molecular weight is 456 g/mol. The number of anilines is 1. The zero-order chi connectivity index (χ0) is 23.3. The standard InChI is InChI=1S/C26H25N5O3/c1-33-22-13-21(16-27-17-22)24-14-23(25(30-29-24)31-8-10-34-11-9-31)26(32)28-15-18-6-7-19-4-2-3-5-20(19)12-18/h2-7,12-14,16-17H,8-11,15H2,1H3,(H,28,32). The first-order chi connectivity index (χ1) is 16.7. The predicted molar refractivity (Wildman–Crippen MR) is 130 cm³/mol. The molecule has 0 radical (unpaired) electrons. The van der Waals surface area contributed by atoms with E-state index < -0.39 is 0 Å². The molecule has 0 spiro atoms. The Labute approximate surface area is 197 Å². The first-order valence-electron chi connectivity index (χ1n) is 11.2. The summed E-state index contributed by atoms with van der Waals surface area (Å²) in [5.74, 6) is 0.958. The predicted octanol–water partition coefficient (Wildman–Crippen LogP) is 3.47. The fraction of sp³-hybridized carbons (Fsp3) is 0.231. The topological polar surface area (TPSA) is 89.5 Å². The number of morpholine rings is 1. The van der Waals surface area contributed by atoms with E-state index in [1.165, 1.54) is 5.39 Å². The maximum absolute atomic E-state index is 13.4. The van der Waals surface area contributed by atoms with Crippen LogP contribution in [0.2, 0.25) is 0 Å². The smallest absolute Gasteiger partial charge is 0.255 e. The summed E-state index contributed by atoms with van der Waals surface area (Å²) in [6.45, 7) is 2.88. The highest BCUT2D eigenvalue weighted by Gasteiger charge is 2.22. The fourth-order valence-corrected chi connectivity index (χ4v) is 4.00. The number of nitrogens with zero attached hydrogens (tertiary/aromatic N) is 4. The number of benzene rings is 2. The summed E-state index contributed by atoms with van der Waals surface area (Å²) in [5.41, 5.74) is 2.78. The average Bonchev–Trinajstić information content (AvgIpc) is 2.91. The van der Waals surface area contributed by atoms with E-state index in [4.69, 9.17) is 9.47 Å². The lowest BCUT2D eigenvalue weighted by Crippen LogP contribution is -2.38. The molecular weight excluding hydrogens is 430 g/mol. The molecule has 0 atom stereocenters. The summed E-state index contributed by atoms with van der Waals surface area (Å²) in [4.78, 5) is 19.6. The summed E-state index contributed by atoms with van der Waals surface area (Å²) in [7, 11) is 1.58. The van der Waals surface area contributed by atoms with Crippen LogP contribution >= 0.6 is 0 Å². The number of pyridine rings is 1. The fourth-order valence-electron chi connectivity index (χ4n) is 4.00. The molecule has 1 amide bonds. The molecule has 172 valence electrons. The number of methoxy groups -OCH3 is 1. The van der Waals surface area contributed by atoms with Crippen molar-refractivity contribution < 1.29 is 14.3 Å². The third-order valence-electron chi connectivity index (χ3n) is 5.84. The molecule has 1 aliphatic rings. The molecule has 5 rings (SSSR count). The van der Waals surface area contributed by atoms with Crippen LogP contribution in [0.25, 0.3) is 22.0 Å². The largest absolute Gasteiger partial charge is 0.495 e. The molecule has 8 nitrogen and oxygen atoms in total. The van der Waals surface area contributed by atoms with Crippen LogP contribution in [0, 0.1) is 0 Å². The van der Waals surface area contributed by atoms with Gasteiger partial charge >= 0.3 is 0 Å². The van der Waals surface area contributed by atoms with Gasteiger partial charge in [0, 0.05) is 31.4 Å². The van der Waals surface area contributed by atoms with Crippen molar-refractivity contribution in [2.24, 2.45) is 0 Å². The molecule has 0 bridgehead atoms. The van der Waals surface area contributed by atoms with Crippen LogP contribution in [-0.4, -0.2) is 54.5 Å². The number of fused-ring (bicyclic) bond motifs is 1. The quantitative estimate of drug-likeness (QED) is 0.476. The molecule has 8 heteroatoms. The van der Waals surface area contributed by atoms with Crippen molar-refractivity contribution in [3.63, 3.8) is 0 Å². The van der Waals surface area contributed by atoms with Crippen molar-refractivity contribution in [2.45, 2.75) is 6.54 Å². The highest BCUT2D eigenvalue weighted by molar-refractivity contribution is 5.99. The van der Waals surface area contributed by atoms with Crippen LogP contribution in [-0.2, 0) is 11.3 Å². The minimum atomic E-state index is -0.207. The molecular formula is C26H25N5O3. The Morgan fingerprint density at radius 3 is 2.68 bits per heavy atom. The van der Waals surface area contributed by atoms with Crippen LogP contribution in [0.15, 0.2) is 67.0 Å². The molecule has 4 aromatic rings. The minimum absolute atomic E-state index is 0.207.